The number of aryl methyl sites for hydroxylation is 2. The van der Waals surface area contributed by atoms with E-state index in [1.165, 1.54) is 0 Å². The van der Waals surface area contributed by atoms with Gasteiger partial charge in [0, 0.05) is 30.4 Å². The Labute approximate surface area is 199 Å². The van der Waals surface area contributed by atoms with Crippen molar-refractivity contribution in [2.24, 2.45) is 0 Å². The third kappa shape index (κ3) is 4.14. The van der Waals surface area contributed by atoms with Gasteiger partial charge in [-0.15, -0.1) is 10.2 Å². The molecule has 8 heteroatoms. The van der Waals surface area contributed by atoms with Crippen molar-refractivity contribution in [3.63, 3.8) is 0 Å². The summed E-state index contributed by atoms with van der Waals surface area (Å²) in [4.78, 5) is 2.17. The van der Waals surface area contributed by atoms with Crippen LogP contribution in [0.2, 0.25) is 5.02 Å². The zero-order valence-corrected chi connectivity index (χ0v) is 20.2. The second kappa shape index (κ2) is 9.37. The summed E-state index contributed by atoms with van der Waals surface area (Å²) in [6.45, 7) is 11.5. The van der Waals surface area contributed by atoms with E-state index in [1.54, 1.807) is 7.11 Å². The van der Waals surface area contributed by atoms with Crippen molar-refractivity contribution in [2.45, 2.75) is 33.2 Å². The average molecular weight is 465 g/mol. The number of methoxy groups -OCH3 is 1. The molecule has 3 aromatic rings. The largest absolute Gasteiger partial charge is 0.383 e. The molecule has 1 atom stereocenters. The van der Waals surface area contributed by atoms with E-state index in [9.17, 15) is 0 Å². The molecule has 1 aromatic carbocycles. The second-order valence-corrected chi connectivity index (χ2v) is 8.66. The lowest BCUT2D eigenvalue weighted by Crippen LogP contribution is -2.27. The monoisotopic (exact) mass is 464 g/mol. The van der Waals surface area contributed by atoms with Crippen LogP contribution < -0.4 is 10.2 Å². The first-order valence-corrected chi connectivity index (χ1v) is 11.4. The molecule has 0 spiro atoms. The van der Waals surface area contributed by atoms with E-state index in [2.05, 4.69) is 40.0 Å². The molecule has 0 aliphatic carbocycles. The first-order chi connectivity index (χ1) is 15.9. The number of ether oxygens (including phenoxy) is 1. The molecule has 2 aromatic heterocycles. The summed E-state index contributed by atoms with van der Waals surface area (Å²) in [5.74, 6) is 0.812. The maximum atomic E-state index is 8.86. The fourth-order valence-electron chi connectivity index (χ4n) is 4.33. The molecule has 2 N–H and O–H groups in total. The minimum atomic E-state index is -0.259. The maximum absolute atomic E-state index is 8.86. The van der Waals surface area contributed by atoms with E-state index in [-0.39, 0.29) is 12.6 Å². The summed E-state index contributed by atoms with van der Waals surface area (Å²) in [5, 5.41) is 21.6. The quantitative estimate of drug-likeness (QED) is 0.459. The zero-order valence-electron chi connectivity index (χ0n) is 19.4. The first-order valence-electron chi connectivity index (χ1n) is 11.0. The number of aromatic nitrogens is 3. The van der Waals surface area contributed by atoms with Crippen molar-refractivity contribution < 1.29 is 4.74 Å². The molecule has 33 heavy (non-hydrogen) atoms. The number of anilines is 1. The summed E-state index contributed by atoms with van der Waals surface area (Å²) in [5.41, 5.74) is 6.76. The fraction of sp³-hybridized carbons (Fsp3) is 0.320. The van der Waals surface area contributed by atoms with Crippen LogP contribution in [-0.4, -0.2) is 40.6 Å². The van der Waals surface area contributed by atoms with Crippen molar-refractivity contribution in [3.05, 3.63) is 82.0 Å². The van der Waals surface area contributed by atoms with E-state index >= 15 is 0 Å². The number of hydrogen-bond acceptors (Lipinski definition) is 6. The number of halogens is 1. The second-order valence-electron chi connectivity index (χ2n) is 8.22. The molecule has 7 nitrogen and oxygen atoms in total. The lowest BCUT2D eigenvalue weighted by molar-refractivity contribution is 0.244. The molecular formula is C25H29ClN6O. The lowest BCUT2D eigenvalue weighted by Gasteiger charge is -2.30. The van der Waals surface area contributed by atoms with Crippen LogP contribution in [0.1, 0.15) is 36.3 Å². The van der Waals surface area contributed by atoms with Gasteiger partial charge in [0.05, 0.1) is 35.4 Å². The standard InChI is InChI=1S/C25H29ClN6O/c1-6-11-28-23-16(3)32(20-12-15(2)25-30-29-17(4)31(25)13-20)24(22(23)21(27)14-33-5)18-7-9-19(26)10-8-18/h7-10,12-13,24,27-28H,3,6,11,14H2,1-2,4-5H3. The fourth-order valence-corrected chi connectivity index (χ4v) is 4.45. The molecule has 0 fully saturated rings. The molecule has 3 heterocycles. The Morgan fingerprint density at radius 3 is 2.64 bits per heavy atom. The van der Waals surface area contributed by atoms with Gasteiger partial charge in [-0.3, -0.25) is 4.40 Å². The van der Waals surface area contributed by atoms with Crippen molar-refractivity contribution in [2.75, 3.05) is 25.2 Å². The maximum Gasteiger partial charge on any atom is 0.163 e. The third-order valence-corrected chi connectivity index (χ3v) is 6.11. The van der Waals surface area contributed by atoms with Gasteiger partial charge in [0.25, 0.3) is 0 Å². The summed E-state index contributed by atoms with van der Waals surface area (Å²) in [6, 6.07) is 9.61. The number of nitrogens with one attached hydrogen (secondary N) is 2. The smallest absolute Gasteiger partial charge is 0.163 e. The van der Waals surface area contributed by atoms with E-state index in [0.717, 1.165) is 58.2 Å². The highest BCUT2D eigenvalue weighted by atomic mass is 35.5. The predicted molar refractivity (Wildman–Crippen MR) is 133 cm³/mol. The van der Waals surface area contributed by atoms with Gasteiger partial charge in [-0.2, -0.15) is 0 Å². The third-order valence-electron chi connectivity index (χ3n) is 5.85. The van der Waals surface area contributed by atoms with Crippen LogP contribution in [-0.2, 0) is 4.74 Å². The summed E-state index contributed by atoms with van der Waals surface area (Å²) < 4.78 is 7.35. The van der Waals surface area contributed by atoms with Gasteiger partial charge in [-0.1, -0.05) is 37.2 Å². The van der Waals surface area contributed by atoms with Crippen LogP contribution in [0.3, 0.4) is 0 Å². The molecule has 0 radical (unpaired) electrons. The average Bonchev–Trinajstić information content (AvgIpc) is 3.30. The van der Waals surface area contributed by atoms with Crippen LogP contribution in [0.5, 0.6) is 0 Å². The molecule has 1 aliphatic heterocycles. The number of benzene rings is 1. The molecule has 0 bridgehead atoms. The number of nitrogens with zero attached hydrogens (tertiary/aromatic N) is 4. The Morgan fingerprint density at radius 1 is 1.24 bits per heavy atom. The van der Waals surface area contributed by atoms with Crippen LogP contribution in [0.25, 0.3) is 5.65 Å². The number of rotatable bonds is 8. The highest BCUT2D eigenvalue weighted by Crippen LogP contribution is 2.45. The van der Waals surface area contributed by atoms with Crippen LogP contribution >= 0.6 is 11.6 Å². The van der Waals surface area contributed by atoms with E-state index in [4.69, 9.17) is 21.7 Å². The van der Waals surface area contributed by atoms with Gasteiger partial charge in [0.15, 0.2) is 5.65 Å². The minimum Gasteiger partial charge on any atom is -0.383 e. The molecule has 1 unspecified atom stereocenters. The molecular weight excluding hydrogens is 436 g/mol. The van der Waals surface area contributed by atoms with Gasteiger partial charge >= 0.3 is 0 Å². The van der Waals surface area contributed by atoms with Crippen molar-refractivity contribution in [1.29, 1.82) is 5.41 Å². The van der Waals surface area contributed by atoms with Gasteiger partial charge in [-0.25, -0.2) is 0 Å². The summed E-state index contributed by atoms with van der Waals surface area (Å²) in [6.07, 6.45) is 2.99. The Bertz CT molecular complexity index is 1240. The van der Waals surface area contributed by atoms with Crippen molar-refractivity contribution in [1.82, 2.24) is 19.9 Å². The topological polar surface area (TPSA) is 78.5 Å². The number of hydrogen-bond donors (Lipinski definition) is 2. The molecule has 0 saturated heterocycles. The molecule has 172 valence electrons. The van der Waals surface area contributed by atoms with Crippen LogP contribution in [0.4, 0.5) is 5.69 Å². The molecule has 0 amide bonds. The Hall–Kier alpha value is -3.16. The summed E-state index contributed by atoms with van der Waals surface area (Å²) >= 11 is 6.20. The number of pyridine rings is 1. The Morgan fingerprint density at radius 2 is 1.97 bits per heavy atom. The highest BCUT2D eigenvalue weighted by Gasteiger charge is 2.39. The molecule has 0 saturated carbocycles. The van der Waals surface area contributed by atoms with Gasteiger partial charge in [-0.05, 0) is 49.6 Å². The zero-order chi connectivity index (χ0) is 23.7. The minimum absolute atomic E-state index is 0.209. The SMILES string of the molecule is C=C1C(NCCC)=C(C(=N)COC)C(c2ccc(Cl)cc2)N1c1cc(C)c2nnc(C)n2c1. The Kier molecular flexibility index (Phi) is 6.54. The van der Waals surface area contributed by atoms with Gasteiger partial charge in [0.2, 0.25) is 0 Å². The van der Waals surface area contributed by atoms with Gasteiger partial charge in [0.1, 0.15) is 5.82 Å². The van der Waals surface area contributed by atoms with Crippen molar-refractivity contribution >= 4 is 28.6 Å². The van der Waals surface area contributed by atoms with E-state index < -0.39 is 0 Å². The highest BCUT2D eigenvalue weighted by molar-refractivity contribution is 6.30. The Balaban J connectivity index is 1.93. The van der Waals surface area contributed by atoms with Crippen LogP contribution in [0, 0.1) is 19.3 Å². The van der Waals surface area contributed by atoms with Crippen LogP contribution in [0.15, 0.2) is 60.1 Å². The first kappa shape index (κ1) is 23.0. The van der Waals surface area contributed by atoms with E-state index in [0.29, 0.717) is 10.7 Å². The lowest BCUT2D eigenvalue weighted by atomic mass is 9.95. The number of fused-ring (bicyclic) bond motifs is 1. The normalized spacial score (nSPS) is 16.2. The predicted octanol–water partition coefficient (Wildman–Crippen LogP) is 4.99. The van der Waals surface area contributed by atoms with Gasteiger partial charge < -0.3 is 20.4 Å². The molecule has 4 rings (SSSR count). The van der Waals surface area contributed by atoms with Crippen molar-refractivity contribution in [3.8, 4) is 0 Å². The molecule has 1 aliphatic rings. The van der Waals surface area contributed by atoms with E-state index in [1.807, 2.05) is 48.7 Å². The summed E-state index contributed by atoms with van der Waals surface area (Å²) in [7, 11) is 1.61.